The smallest absolute Gasteiger partial charge is 0.121 e. The third-order valence-corrected chi connectivity index (χ3v) is 4.82. The first-order valence-electron chi connectivity index (χ1n) is 6.32. The predicted molar refractivity (Wildman–Crippen MR) is 75.5 cm³/mol. The number of benzene rings is 1. The molecule has 0 fully saturated rings. The van der Waals surface area contributed by atoms with Gasteiger partial charge < -0.3 is 0 Å². The molecule has 0 saturated heterocycles. The number of hydrogen-bond acceptors (Lipinski definition) is 3. The van der Waals surface area contributed by atoms with Crippen LogP contribution in [0.15, 0.2) is 24.3 Å². The molecule has 0 radical (unpaired) electrons. The van der Waals surface area contributed by atoms with Gasteiger partial charge in [0.15, 0.2) is 0 Å². The van der Waals surface area contributed by atoms with Crippen LogP contribution in [0.5, 0.6) is 0 Å². The van der Waals surface area contributed by atoms with E-state index in [-0.39, 0.29) is 0 Å². The van der Waals surface area contributed by atoms with Gasteiger partial charge in [0.2, 0.25) is 0 Å². The van der Waals surface area contributed by atoms with Crippen molar-refractivity contribution in [1.82, 2.24) is 10.2 Å². The average Bonchev–Trinajstić information content (AvgIpc) is 3.02. The number of aromatic nitrogens is 2. The van der Waals surface area contributed by atoms with E-state index >= 15 is 0 Å². The normalized spacial score (nSPS) is 14.9. The van der Waals surface area contributed by atoms with Gasteiger partial charge in [-0.25, -0.2) is 0 Å². The van der Waals surface area contributed by atoms with Crippen LogP contribution >= 0.6 is 22.9 Å². The zero-order valence-corrected chi connectivity index (χ0v) is 11.7. The van der Waals surface area contributed by atoms with Crippen molar-refractivity contribution in [1.29, 1.82) is 0 Å². The molecule has 0 spiro atoms. The molecule has 0 saturated carbocycles. The fourth-order valence-corrected chi connectivity index (χ4v) is 3.60. The summed E-state index contributed by atoms with van der Waals surface area (Å²) < 4.78 is 0. The van der Waals surface area contributed by atoms with Gasteiger partial charge in [0.1, 0.15) is 10.0 Å². The molecule has 0 atom stereocenters. The van der Waals surface area contributed by atoms with Crippen LogP contribution in [-0.2, 0) is 19.3 Å². The Morgan fingerprint density at radius 3 is 2.56 bits per heavy atom. The maximum absolute atomic E-state index is 5.70. The van der Waals surface area contributed by atoms with Gasteiger partial charge in [0.05, 0.1) is 0 Å². The molecule has 0 N–H and O–H groups in total. The lowest BCUT2D eigenvalue weighted by molar-refractivity contribution is 0.718. The SMILES string of the molecule is ClCCCc1nnc(C2Cc3ccccc3C2)s1. The lowest BCUT2D eigenvalue weighted by atomic mass is 10.1. The first-order chi connectivity index (χ1) is 8.86. The number of alkyl halides is 1. The summed E-state index contributed by atoms with van der Waals surface area (Å²) in [6, 6.07) is 8.69. The van der Waals surface area contributed by atoms with E-state index in [1.807, 2.05) is 0 Å². The van der Waals surface area contributed by atoms with Crippen LogP contribution in [0.2, 0.25) is 0 Å². The summed E-state index contributed by atoms with van der Waals surface area (Å²) in [4.78, 5) is 0. The van der Waals surface area contributed by atoms with E-state index in [1.165, 1.54) is 16.1 Å². The van der Waals surface area contributed by atoms with Gasteiger partial charge in [0.25, 0.3) is 0 Å². The summed E-state index contributed by atoms with van der Waals surface area (Å²) in [5.74, 6) is 1.23. The molecule has 2 nitrogen and oxygen atoms in total. The second-order valence-corrected chi connectivity index (χ2v) is 6.17. The lowest BCUT2D eigenvalue weighted by Gasteiger charge is -2.01. The van der Waals surface area contributed by atoms with Crippen LogP contribution < -0.4 is 0 Å². The molecule has 1 aliphatic rings. The number of nitrogens with zero attached hydrogens (tertiary/aromatic N) is 2. The molecule has 0 unspecified atom stereocenters. The number of fused-ring (bicyclic) bond motifs is 1. The van der Waals surface area contributed by atoms with E-state index in [9.17, 15) is 0 Å². The third kappa shape index (κ3) is 2.43. The molecule has 1 aromatic carbocycles. The maximum Gasteiger partial charge on any atom is 0.121 e. The molecule has 4 heteroatoms. The van der Waals surface area contributed by atoms with Gasteiger partial charge in [-0.2, -0.15) is 0 Å². The molecule has 0 amide bonds. The molecule has 0 bridgehead atoms. The molecule has 2 aromatic rings. The van der Waals surface area contributed by atoms with Crippen molar-refractivity contribution in [3.8, 4) is 0 Å². The molecule has 94 valence electrons. The Morgan fingerprint density at radius 1 is 1.17 bits per heavy atom. The first-order valence-corrected chi connectivity index (χ1v) is 7.67. The first kappa shape index (κ1) is 12.1. The average molecular weight is 279 g/mol. The summed E-state index contributed by atoms with van der Waals surface area (Å²) in [6.45, 7) is 0. The van der Waals surface area contributed by atoms with Gasteiger partial charge in [-0.3, -0.25) is 0 Å². The van der Waals surface area contributed by atoms with Crippen molar-refractivity contribution in [3.05, 3.63) is 45.4 Å². The van der Waals surface area contributed by atoms with Gasteiger partial charge >= 0.3 is 0 Å². The lowest BCUT2D eigenvalue weighted by Crippen LogP contribution is -1.96. The highest BCUT2D eigenvalue weighted by molar-refractivity contribution is 7.11. The molecule has 1 aromatic heterocycles. The zero-order valence-electron chi connectivity index (χ0n) is 10.1. The van der Waals surface area contributed by atoms with E-state index in [0.29, 0.717) is 11.8 Å². The van der Waals surface area contributed by atoms with Gasteiger partial charge in [-0.05, 0) is 30.4 Å². The fourth-order valence-electron chi connectivity index (χ4n) is 2.48. The van der Waals surface area contributed by atoms with Crippen molar-refractivity contribution in [2.75, 3.05) is 5.88 Å². The zero-order chi connectivity index (χ0) is 12.4. The van der Waals surface area contributed by atoms with Gasteiger partial charge in [-0.1, -0.05) is 24.3 Å². The molecule has 3 rings (SSSR count). The Bertz CT molecular complexity index is 513. The predicted octanol–water partition coefficient (Wildman–Crippen LogP) is 3.59. The molecule has 1 heterocycles. The highest BCUT2D eigenvalue weighted by atomic mass is 35.5. The Labute approximate surface area is 116 Å². The highest BCUT2D eigenvalue weighted by Gasteiger charge is 2.25. The molecule has 1 aliphatic carbocycles. The standard InChI is InChI=1S/C14H15ClN2S/c15-7-3-6-13-16-17-14(18-13)12-8-10-4-1-2-5-11(10)9-12/h1-2,4-5,12H,3,6-9H2. The van der Waals surface area contributed by atoms with E-state index in [1.54, 1.807) is 11.3 Å². The minimum Gasteiger partial charge on any atom is -0.144 e. The van der Waals surface area contributed by atoms with Crippen molar-refractivity contribution >= 4 is 22.9 Å². The van der Waals surface area contributed by atoms with E-state index in [0.717, 1.165) is 30.7 Å². The van der Waals surface area contributed by atoms with E-state index in [4.69, 9.17) is 11.6 Å². The van der Waals surface area contributed by atoms with Crippen LogP contribution in [-0.4, -0.2) is 16.1 Å². The second-order valence-electron chi connectivity index (χ2n) is 4.70. The molecule has 0 aliphatic heterocycles. The van der Waals surface area contributed by atoms with E-state index in [2.05, 4.69) is 34.5 Å². The molecule has 18 heavy (non-hydrogen) atoms. The minimum atomic E-state index is 0.532. The van der Waals surface area contributed by atoms with Crippen molar-refractivity contribution in [3.63, 3.8) is 0 Å². The summed E-state index contributed by atoms with van der Waals surface area (Å²) in [6.07, 6.45) is 4.17. The molecular formula is C14H15ClN2S. The summed E-state index contributed by atoms with van der Waals surface area (Å²) in [5.41, 5.74) is 2.94. The Hall–Kier alpha value is -0.930. The van der Waals surface area contributed by atoms with Crippen LogP contribution in [0.3, 0.4) is 0 Å². The van der Waals surface area contributed by atoms with Gasteiger partial charge in [0, 0.05) is 18.2 Å². The summed E-state index contributed by atoms with van der Waals surface area (Å²) >= 11 is 7.46. The number of rotatable bonds is 4. The van der Waals surface area contributed by atoms with Crippen LogP contribution in [0.25, 0.3) is 0 Å². The topological polar surface area (TPSA) is 25.8 Å². The van der Waals surface area contributed by atoms with Crippen LogP contribution in [0.1, 0.15) is 33.5 Å². The molecular weight excluding hydrogens is 264 g/mol. The maximum atomic E-state index is 5.70. The minimum absolute atomic E-state index is 0.532. The second kappa shape index (κ2) is 5.37. The Kier molecular flexibility index (Phi) is 3.62. The fraction of sp³-hybridized carbons (Fsp3) is 0.429. The van der Waals surface area contributed by atoms with Crippen molar-refractivity contribution < 1.29 is 0 Å². The van der Waals surface area contributed by atoms with Crippen molar-refractivity contribution in [2.45, 2.75) is 31.6 Å². The van der Waals surface area contributed by atoms with Gasteiger partial charge in [-0.15, -0.1) is 33.1 Å². The van der Waals surface area contributed by atoms with Crippen LogP contribution in [0.4, 0.5) is 0 Å². The third-order valence-electron chi connectivity index (χ3n) is 3.41. The number of aryl methyl sites for hydroxylation is 1. The monoisotopic (exact) mass is 278 g/mol. The highest BCUT2D eigenvalue weighted by Crippen LogP contribution is 2.35. The Morgan fingerprint density at radius 2 is 1.89 bits per heavy atom. The number of hydrogen-bond donors (Lipinski definition) is 0. The Balaban J connectivity index is 1.72. The largest absolute Gasteiger partial charge is 0.144 e. The number of halogens is 1. The van der Waals surface area contributed by atoms with Crippen molar-refractivity contribution in [2.24, 2.45) is 0 Å². The quantitative estimate of drug-likeness (QED) is 0.799. The summed E-state index contributed by atoms with van der Waals surface area (Å²) in [7, 11) is 0. The van der Waals surface area contributed by atoms with Crippen LogP contribution in [0, 0.1) is 0 Å². The summed E-state index contributed by atoms with van der Waals surface area (Å²) in [5, 5.41) is 10.9. The van der Waals surface area contributed by atoms with E-state index < -0.39 is 0 Å².